The number of alkyl halides is 6. The van der Waals surface area contributed by atoms with Crippen LogP contribution in [-0.2, 0) is 25.2 Å². The molecule has 0 spiro atoms. The second-order valence-corrected chi connectivity index (χ2v) is 7.38. The molecule has 0 bridgehead atoms. The molecule has 1 heterocycles. The molecule has 0 radical (unpaired) electrons. The molecule has 3 nitrogen and oxygen atoms in total. The number of thiophene rings is 1. The Morgan fingerprint density at radius 3 is 2.11 bits per heavy atom. The van der Waals surface area contributed by atoms with Crippen LogP contribution in [0.4, 0.5) is 31.3 Å². The van der Waals surface area contributed by atoms with Crippen LogP contribution in [0.1, 0.15) is 50.3 Å². The van der Waals surface area contributed by atoms with Gasteiger partial charge in [0.15, 0.2) is 0 Å². The summed E-state index contributed by atoms with van der Waals surface area (Å²) in [6, 6.07) is 2.66. The first kappa shape index (κ1) is 20.2. The second kappa shape index (κ2) is 7.13. The molecule has 0 unspecified atom stereocenters. The van der Waals surface area contributed by atoms with E-state index in [4.69, 9.17) is 0 Å². The lowest BCUT2D eigenvalue weighted by Gasteiger charge is -2.14. The molecule has 0 saturated heterocycles. The van der Waals surface area contributed by atoms with Crippen molar-refractivity contribution in [3.63, 3.8) is 0 Å². The minimum Gasteiger partial charge on any atom is -0.312 e. The number of benzene rings is 1. The quantitative estimate of drug-likeness (QED) is 0.628. The number of nitrogens with one attached hydrogen (secondary N) is 1. The molecular formula is C18H12F6N2OS. The van der Waals surface area contributed by atoms with Gasteiger partial charge in [0.2, 0.25) is 0 Å². The number of hydrogen-bond donors (Lipinski definition) is 1. The third kappa shape index (κ3) is 3.99. The standard InChI is InChI=1S/C18H12F6N2OS/c19-17(20,21)10-5-9(6-11(7-10)18(22,23)24)15(27)26-16-13(8-25)12-3-1-2-4-14(12)28-16/h5-7H,1-4H2,(H,26,27). The number of aryl methyl sites for hydroxylation is 1. The number of fused-ring (bicyclic) bond motifs is 1. The van der Waals surface area contributed by atoms with E-state index in [9.17, 15) is 36.4 Å². The van der Waals surface area contributed by atoms with E-state index < -0.39 is 35.0 Å². The summed E-state index contributed by atoms with van der Waals surface area (Å²) >= 11 is 1.13. The number of anilines is 1. The Balaban J connectivity index is 1.99. The van der Waals surface area contributed by atoms with Gasteiger partial charge in [-0.15, -0.1) is 11.3 Å². The van der Waals surface area contributed by atoms with Gasteiger partial charge in [-0.3, -0.25) is 4.79 Å². The van der Waals surface area contributed by atoms with E-state index in [-0.39, 0.29) is 16.6 Å². The van der Waals surface area contributed by atoms with Gasteiger partial charge in [0.1, 0.15) is 11.1 Å². The fourth-order valence-electron chi connectivity index (χ4n) is 3.03. The number of carbonyl (C=O) groups excluding carboxylic acids is 1. The third-order valence-corrected chi connectivity index (χ3v) is 5.57. The lowest BCUT2D eigenvalue weighted by atomic mass is 9.96. The lowest BCUT2D eigenvalue weighted by molar-refractivity contribution is -0.143. The van der Waals surface area contributed by atoms with Gasteiger partial charge in [-0.2, -0.15) is 31.6 Å². The van der Waals surface area contributed by atoms with Crippen LogP contribution in [0, 0.1) is 11.3 Å². The fourth-order valence-corrected chi connectivity index (χ4v) is 4.27. The van der Waals surface area contributed by atoms with E-state index in [0.717, 1.165) is 34.6 Å². The summed E-state index contributed by atoms with van der Waals surface area (Å²) < 4.78 is 77.8. The number of nitriles is 1. The molecule has 1 aliphatic rings. The van der Waals surface area contributed by atoms with Crippen LogP contribution < -0.4 is 5.32 Å². The molecule has 0 fully saturated rings. The highest BCUT2D eigenvalue weighted by atomic mass is 32.1. The first-order valence-corrected chi connectivity index (χ1v) is 8.98. The molecule has 0 aliphatic heterocycles. The molecule has 3 rings (SSSR count). The summed E-state index contributed by atoms with van der Waals surface area (Å²) in [7, 11) is 0. The maximum Gasteiger partial charge on any atom is 0.416 e. The Kier molecular flexibility index (Phi) is 5.14. The monoisotopic (exact) mass is 418 g/mol. The molecule has 1 aromatic carbocycles. The minimum absolute atomic E-state index is 0.0403. The van der Waals surface area contributed by atoms with Crippen molar-refractivity contribution in [1.29, 1.82) is 5.26 Å². The average molecular weight is 418 g/mol. The topological polar surface area (TPSA) is 52.9 Å². The van der Waals surface area contributed by atoms with Crippen molar-refractivity contribution in [3.8, 4) is 6.07 Å². The highest BCUT2D eigenvalue weighted by Gasteiger charge is 2.37. The maximum absolute atomic E-state index is 13.0. The van der Waals surface area contributed by atoms with Gasteiger partial charge in [-0.25, -0.2) is 0 Å². The van der Waals surface area contributed by atoms with Crippen LogP contribution >= 0.6 is 11.3 Å². The molecule has 1 N–H and O–H groups in total. The molecular weight excluding hydrogens is 406 g/mol. The normalized spacial score (nSPS) is 14.3. The molecule has 28 heavy (non-hydrogen) atoms. The SMILES string of the molecule is N#Cc1c(NC(=O)c2cc(C(F)(F)F)cc(C(F)(F)F)c2)sc2c1CCCC2. The number of amides is 1. The molecule has 148 valence electrons. The van der Waals surface area contributed by atoms with Gasteiger partial charge in [0.25, 0.3) is 5.91 Å². The lowest BCUT2D eigenvalue weighted by Crippen LogP contribution is -2.17. The first-order chi connectivity index (χ1) is 13.0. The Labute approximate surface area is 159 Å². The van der Waals surface area contributed by atoms with Crippen molar-refractivity contribution in [3.05, 3.63) is 50.9 Å². The largest absolute Gasteiger partial charge is 0.416 e. The van der Waals surface area contributed by atoms with E-state index in [2.05, 4.69) is 5.32 Å². The summed E-state index contributed by atoms with van der Waals surface area (Å²) in [5.41, 5.74) is -2.92. The zero-order chi connectivity index (χ0) is 20.7. The van der Waals surface area contributed by atoms with Gasteiger partial charge >= 0.3 is 12.4 Å². The summed E-state index contributed by atoms with van der Waals surface area (Å²) in [5.74, 6) is -1.13. The minimum atomic E-state index is -5.05. The van der Waals surface area contributed by atoms with Crippen molar-refractivity contribution in [2.45, 2.75) is 38.0 Å². The van der Waals surface area contributed by atoms with Crippen molar-refractivity contribution < 1.29 is 31.1 Å². The van der Waals surface area contributed by atoms with Crippen LogP contribution in [-0.4, -0.2) is 5.91 Å². The smallest absolute Gasteiger partial charge is 0.312 e. The molecule has 10 heteroatoms. The van der Waals surface area contributed by atoms with Crippen molar-refractivity contribution in [2.75, 3.05) is 5.32 Å². The Hall–Kier alpha value is -2.54. The number of rotatable bonds is 2. The highest BCUT2D eigenvalue weighted by molar-refractivity contribution is 7.16. The van der Waals surface area contributed by atoms with Gasteiger partial charge < -0.3 is 5.32 Å². The van der Waals surface area contributed by atoms with E-state index in [0.29, 0.717) is 25.0 Å². The van der Waals surface area contributed by atoms with E-state index >= 15 is 0 Å². The molecule has 1 amide bonds. The summed E-state index contributed by atoms with van der Waals surface area (Å²) in [5, 5.41) is 11.8. The molecule has 0 atom stereocenters. The zero-order valence-corrected chi connectivity index (χ0v) is 14.9. The number of nitrogens with zero attached hydrogens (tertiary/aromatic N) is 1. The predicted molar refractivity (Wildman–Crippen MR) is 90.1 cm³/mol. The van der Waals surface area contributed by atoms with Crippen molar-refractivity contribution >= 4 is 22.2 Å². The van der Waals surface area contributed by atoms with Crippen molar-refractivity contribution in [2.24, 2.45) is 0 Å². The van der Waals surface area contributed by atoms with Crippen LogP contribution in [0.5, 0.6) is 0 Å². The van der Waals surface area contributed by atoms with E-state index in [1.165, 1.54) is 0 Å². The first-order valence-electron chi connectivity index (χ1n) is 8.16. The van der Waals surface area contributed by atoms with Gasteiger partial charge in [-0.05, 0) is 49.4 Å². The molecule has 1 aromatic heterocycles. The number of hydrogen-bond acceptors (Lipinski definition) is 3. The van der Waals surface area contributed by atoms with Crippen LogP contribution in [0.15, 0.2) is 18.2 Å². The maximum atomic E-state index is 13.0. The number of halogens is 6. The van der Waals surface area contributed by atoms with E-state index in [1.54, 1.807) is 0 Å². The summed E-state index contributed by atoms with van der Waals surface area (Å²) in [4.78, 5) is 13.3. The Bertz CT molecular complexity index is 936. The van der Waals surface area contributed by atoms with Crippen LogP contribution in [0.2, 0.25) is 0 Å². The predicted octanol–water partition coefficient (Wildman–Crippen LogP) is 5.79. The fraction of sp³-hybridized carbons (Fsp3) is 0.333. The second-order valence-electron chi connectivity index (χ2n) is 6.28. The third-order valence-electron chi connectivity index (χ3n) is 4.36. The highest BCUT2D eigenvalue weighted by Crippen LogP contribution is 2.39. The van der Waals surface area contributed by atoms with Gasteiger partial charge in [-0.1, -0.05) is 0 Å². The molecule has 2 aromatic rings. The van der Waals surface area contributed by atoms with E-state index in [1.807, 2.05) is 6.07 Å². The van der Waals surface area contributed by atoms with Crippen molar-refractivity contribution in [1.82, 2.24) is 0 Å². The Morgan fingerprint density at radius 1 is 1.00 bits per heavy atom. The van der Waals surface area contributed by atoms with Gasteiger partial charge in [0, 0.05) is 10.4 Å². The zero-order valence-electron chi connectivity index (χ0n) is 14.1. The van der Waals surface area contributed by atoms with Crippen LogP contribution in [0.3, 0.4) is 0 Å². The molecule has 1 aliphatic carbocycles. The number of carbonyl (C=O) groups is 1. The molecule has 0 saturated carbocycles. The van der Waals surface area contributed by atoms with Crippen LogP contribution in [0.25, 0.3) is 0 Å². The Morgan fingerprint density at radius 2 is 1.57 bits per heavy atom. The summed E-state index contributed by atoms with van der Waals surface area (Å²) in [6.45, 7) is 0. The van der Waals surface area contributed by atoms with Gasteiger partial charge in [0.05, 0.1) is 16.7 Å². The summed E-state index contributed by atoms with van der Waals surface area (Å²) in [6.07, 6.45) is -6.95. The average Bonchev–Trinajstić information content (AvgIpc) is 2.96.